The van der Waals surface area contributed by atoms with Gasteiger partial charge in [-0.2, -0.15) is 13.2 Å². The van der Waals surface area contributed by atoms with Crippen molar-refractivity contribution in [3.8, 4) is 22.6 Å². The van der Waals surface area contributed by atoms with E-state index in [0.717, 1.165) is 10.9 Å². The van der Waals surface area contributed by atoms with Crippen molar-refractivity contribution in [3.63, 3.8) is 0 Å². The van der Waals surface area contributed by atoms with Gasteiger partial charge >= 0.3 is 6.18 Å². The van der Waals surface area contributed by atoms with Crippen molar-refractivity contribution in [2.45, 2.75) is 57.0 Å². The van der Waals surface area contributed by atoms with Gasteiger partial charge < -0.3 is 24.2 Å². The SMILES string of the molecule is Cc1cc(S)c(CNC(=O)c2cc(-c3ccc4occc4c3)c3c(c2C)OC(C)(C2CCN(CC(F)(F)F)CC2)O3)c(=O)[nH]1. The van der Waals surface area contributed by atoms with Gasteiger partial charge in [0, 0.05) is 57.6 Å². The van der Waals surface area contributed by atoms with Gasteiger partial charge in [-0.25, -0.2) is 0 Å². The number of H-pyrrole nitrogens is 1. The second-order valence-electron chi connectivity index (χ2n) is 11.6. The molecular formula is C32H32F3N3O5S. The number of halogens is 3. The van der Waals surface area contributed by atoms with Crippen LogP contribution in [0.5, 0.6) is 11.5 Å². The Bertz CT molecular complexity index is 1810. The van der Waals surface area contributed by atoms with E-state index in [4.69, 9.17) is 13.9 Å². The van der Waals surface area contributed by atoms with Crippen LogP contribution in [0.1, 0.15) is 46.9 Å². The van der Waals surface area contributed by atoms with Crippen LogP contribution < -0.4 is 20.3 Å². The number of ether oxygens (including phenoxy) is 2. The number of amides is 1. The third-order valence-corrected chi connectivity index (χ3v) is 8.91. The molecule has 0 radical (unpaired) electrons. The maximum Gasteiger partial charge on any atom is 0.401 e. The smallest absolute Gasteiger partial charge is 0.401 e. The molecule has 8 nitrogen and oxygen atoms in total. The lowest BCUT2D eigenvalue weighted by Gasteiger charge is -2.39. The van der Waals surface area contributed by atoms with Gasteiger partial charge in [0.25, 0.3) is 17.3 Å². The molecule has 0 bridgehead atoms. The summed E-state index contributed by atoms with van der Waals surface area (Å²) in [6.45, 7) is 4.88. The highest BCUT2D eigenvalue weighted by atomic mass is 32.1. The number of nitrogens with zero attached hydrogens (tertiary/aromatic N) is 1. The molecule has 2 aromatic heterocycles. The number of pyridine rings is 1. The van der Waals surface area contributed by atoms with Crippen molar-refractivity contribution in [1.29, 1.82) is 0 Å². The van der Waals surface area contributed by atoms with Gasteiger partial charge in [-0.05, 0) is 75.7 Å². The fourth-order valence-electron chi connectivity index (χ4n) is 6.14. The normalized spacial score (nSPS) is 19.1. The van der Waals surface area contributed by atoms with Crippen molar-refractivity contribution >= 4 is 29.5 Å². The van der Waals surface area contributed by atoms with E-state index in [1.807, 2.05) is 24.3 Å². The fourth-order valence-corrected chi connectivity index (χ4v) is 6.51. The molecule has 12 heteroatoms. The van der Waals surface area contributed by atoms with E-state index in [-0.39, 0.29) is 31.1 Å². The van der Waals surface area contributed by atoms with Crippen LogP contribution in [-0.4, -0.2) is 47.4 Å². The molecule has 4 heterocycles. The molecule has 1 saturated heterocycles. The summed E-state index contributed by atoms with van der Waals surface area (Å²) in [6.07, 6.45) is -1.74. The van der Waals surface area contributed by atoms with Crippen molar-refractivity contribution in [1.82, 2.24) is 15.2 Å². The molecule has 1 amide bonds. The van der Waals surface area contributed by atoms with E-state index in [0.29, 0.717) is 62.8 Å². The molecule has 1 unspecified atom stereocenters. The first-order valence-electron chi connectivity index (χ1n) is 14.3. The summed E-state index contributed by atoms with van der Waals surface area (Å²) < 4.78 is 57.5. The Morgan fingerprint density at radius 2 is 1.84 bits per heavy atom. The number of carbonyl (C=O) groups is 1. The summed E-state index contributed by atoms with van der Waals surface area (Å²) in [5.74, 6) is -0.862. The van der Waals surface area contributed by atoms with E-state index < -0.39 is 24.4 Å². The summed E-state index contributed by atoms with van der Waals surface area (Å²) in [5.41, 5.74) is 3.65. The Morgan fingerprint density at radius 3 is 2.55 bits per heavy atom. The molecular weight excluding hydrogens is 595 g/mol. The second kappa shape index (κ2) is 11.2. The number of furan rings is 1. The molecule has 4 aromatic rings. The molecule has 232 valence electrons. The van der Waals surface area contributed by atoms with Gasteiger partial charge in [0.15, 0.2) is 11.5 Å². The predicted molar refractivity (Wildman–Crippen MR) is 161 cm³/mol. The summed E-state index contributed by atoms with van der Waals surface area (Å²) in [4.78, 5) is 30.7. The van der Waals surface area contributed by atoms with Gasteiger partial charge in [-0.15, -0.1) is 12.6 Å². The van der Waals surface area contributed by atoms with Crippen LogP contribution in [0, 0.1) is 19.8 Å². The number of thiol groups is 1. The zero-order chi connectivity index (χ0) is 31.4. The lowest BCUT2D eigenvalue weighted by Crippen LogP contribution is -2.49. The Hall–Kier alpha value is -3.90. The number of benzene rings is 2. The number of aromatic amines is 1. The molecule has 0 aliphatic carbocycles. The average molecular weight is 628 g/mol. The van der Waals surface area contributed by atoms with E-state index in [9.17, 15) is 22.8 Å². The highest BCUT2D eigenvalue weighted by molar-refractivity contribution is 7.80. The molecule has 2 aliphatic rings. The van der Waals surface area contributed by atoms with Crippen molar-refractivity contribution < 1.29 is 31.9 Å². The maximum atomic E-state index is 13.6. The van der Waals surface area contributed by atoms with Crippen molar-refractivity contribution in [2.75, 3.05) is 19.6 Å². The molecule has 2 N–H and O–H groups in total. The number of aromatic nitrogens is 1. The molecule has 2 aromatic carbocycles. The van der Waals surface area contributed by atoms with Crippen LogP contribution in [0.4, 0.5) is 13.2 Å². The van der Waals surface area contributed by atoms with Gasteiger partial charge in [0.2, 0.25) is 0 Å². The highest BCUT2D eigenvalue weighted by Gasteiger charge is 2.48. The number of rotatable bonds is 6. The van der Waals surface area contributed by atoms with Crippen LogP contribution in [0.2, 0.25) is 0 Å². The minimum absolute atomic E-state index is 0.0360. The Morgan fingerprint density at radius 1 is 1.11 bits per heavy atom. The number of likely N-dealkylation sites (tertiary alicyclic amines) is 1. The second-order valence-corrected chi connectivity index (χ2v) is 12.1. The number of aryl methyl sites for hydroxylation is 1. The molecule has 0 saturated carbocycles. The Labute approximate surface area is 256 Å². The highest BCUT2D eigenvalue weighted by Crippen LogP contribution is 2.52. The maximum absolute atomic E-state index is 13.6. The fraction of sp³-hybridized carbons (Fsp3) is 0.375. The van der Waals surface area contributed by atoms with Crippen LogP contribution >= 0.6 is 12.6 Å². The summed E-state index contributed by atoms with van der Waals surface area (Å²) in [7, 11) is 0. The van der Waals surface area contributed by atoms with Crippen molar-refractivity contribution in [3.05, 3.63) is 75.4 Å². The van der Waals surface area contributed by atoms with Crippen LogP contribution in [-0.2, 0) is 6.54 Å². The Balaban J connectivity index is 1.33. The number of fused-ring (bicyclic) bond motifs is 2. The minimum Gasteiger partial charge on any atom is -0.464 e. The van der Waals surface area contributed by atoms with Gasteiger partial charge in [-0.1, -0.05) is 6.07 Å². The first-order valence-corrected chi connectivity index (χ1v) is 14.8. The van der Waals surface area contributed by atoms with Crippen molar-refractivity contribution in [2.24, 2.45) is 5.92 Å². The third-order valence-electron chi connectivity index (χ3n) is 8.51. The summed E-state index contributed by atoms with van der Waals surface area (Å²) in [6, 6.07) is 10.9. The predicted octanol–water partition coefficient (Wildman–Crippen LogP) is 6.39. The number of nitrogens with one attached hydrogen (secondary N) is 2. The zero-order valence-electron chi connectivity index (χ0n) is 24.4. The monoisotopic (exact) mass is 627 g/mol. The van der Waals surface area contributed by atoms with Crippen LogP contribution in [0.25, 0.3) is 22.1 Å². The standard InChI is InChI=1S/C32H32F3N3O5S/c1-17-12-26(44)24(30(40)37-17)15-36-29(39)22-14-23(19-4-5-25-20(13-19)8-11-41-25)28-27(18(22)2)42-31(3,43-28)21-6-9-38(10-7-21)16-32(33,34)35/h4-5,8,11-14,21H,6-7,9-10,15-16H2,1-3H3,(H,36,39)(H2,37,40,44). The number of hydrogen-bond acceptors (Lipinski definition) is 7. The first kappa shape index (κ1) is 30.1. The number of alkyl halides is 3. The molecule has 1 fully saturated rings. The van der Waals surface area contributed by atoms with Gasteiger partial charge in [0.1, 0.15) is 5.58 Å². The Kier molecular flexibility index (Phi) is 7.69. The van der Waals surface area contributed by atoms with E-state index in [1.54, 1.807) is 39.2 Å². The van der Waals surface area contributed by atoms with Crippen LogP contribution in [0.15, 0.2) is 56.8 Å². The third kappa shape index (κ3) is 5.80. The number of hydrogen-bond donors (Lipinski definition) is 3. The average Bonchev–Trinajstić information content (AvgIpc) is 3.57. The van der Waals surface area contributed by atoms with Gasteiger partial charge in [0.05, 0.1) is 12.8 Å². The first-order chi connectivity index (χ1) is 20.8. The van der Waals surface area contributed by atoms with Crippen LogP contribution in [0.3, 0.4) is 0 Å². The largest absolute Gasteiger partial charge is 0.464 e. The topological polar surface area (TPSA) is 96.8 Å². The van der Waals surface area contributed by atoms with E-state index in [1.165, 1.54) is 4.90 Å². The van der Waals surface area contributed by atoms with Gasteiger partial charge in [-0.3, -0.25) is 14.5 Å². The molecule has 6 rings (SSSR count). The molecule has 2 aliphatic heterocycles. The quantitative estimate of drug-likeness (QED) is 0.215. The summed E-state index contributed by atoms with van der Waals surface area (Å²) in [5, 5.41) is 3.71. The summed E-state index contributed by atoms with van der Waals surface area (Å²) >= 11 is 4.41. The zero-order valence-corrected chi connectivity index (χ0v) is 25.3. The number of carbonyl (C=O) groups excluding carboxylic acids is 1. The molecule has 0 spiro atoms. The minimum atomic E-state index is -4.26. The van der Waals surface area contributed by atoms with E-state index >= 15 is 0 Å². The lowest BCUT2D eigenvalue weighted by atomic mass is 9.89. The number of piperidine rings is 1. The lowest BCUT2D eigenvalue weighted by molar-refractivity contribution is -0.159. The van der Waals surface area contributed by atoms with E-state index in [2.05, 4.69) is 22.9 Å². The molecule has 1 atom stereocenters. The molecule has 44 heavy (non-hydrogen) atoms.